The number of nitrogens with zero attached hydrogens (tertiary/aromatic N) is 3. The van der Waals surface area contributed by atoms with E-state index < -0.39 is 0 Å². The number of hydrogen-bond acceptors (Lipinski definition) is 2. The number of carbonyl (C=O) groups excluding carboxylic acids is 1. The van der Waals surface area contributed by atoms with Crippen molar-refractivity contribution in [2.75, 3.05) is 6.54 Å². The number of rotatable bonds is 9. The first-order valence-corrected chi connectivity index (χ1v) is 10.0. The Balaban J connectivity index is 1.87. The number of amides is 1. The van der Waals surface area contributed by atoms with Crippen molar-refractivity contribution in [1.29, 1.82) is 0 Å². The van der Waals surface area contributed by atoms with Crippen molar-refractivity contribution in [2.45, 2.75) is 39.8 Å². The van der Waals surface area contributed by atoms with Crippen LogP contribution in [0.1, 0.15) is 31.7 Å². The van der Waals surface area contributed by atoms with Gasteiger partial charge < -0.3 is 9.47 Å². The summed E-state index contributed by atoms with van der Waals surface area (Å²) in [4.78, 5) is 19.7. The predicted molar refractivity (Wildman–Crippen MR) is 115 cm³/mol. The maximum absolute atomic E-state index is 13.5. The average Bonchev–Trinajstić information content (AvgIpc) is 3.02. The summed E-state index contributed by atoms with van der Waals surface area (Å²) in [6, 6.07) is 14.2. The SMILES string of the molecule is C=CCn1c(CN(CCC(C)C)C(=O)Cc2cccc(F)c2)nc2ccccc21. The monoisotopic (exact) mass is 393 g/mol. The second-order valence-electron chi connectivity index (χ2n) is 7.72. The highest BCUT2D eigenvalue weighted by molar-refractivity contribution is 5.79. The Labute approximate surface area is 171 Å². The minimum atomic E-state index is -0.322. The molecule has 3 aromatic rings. The Bertz CT molecular complexity index is 993. The van der Waals surface area contributed by atoms with Crippen molar-refractivity contribution in [2.24, 2.45) is 5.92 Å². The van der Waals surface area contributed by atoms with Crippen LogP contribution in [0.5, 0.6) is 0 Å². The van der Waals surface area contributed by atoms with Crippen molar-refractivity contribution < 1.29 is 9.18 Å². The lowest BCUT2D eigenvalue weighted by Gasteiger charge is -2.24. The fraction of sp³-hybridized carbons (Fsp3) is 0.333. The van der Waals surface area contributed by atoms with Gasteiger partial charge in [0.05, 0.1) is 24.0 Å². The summed E-state index contributed by atoms with van der Waals surface area (Å²) in [7, 11) is 0. The highest BCUT2D eigenvalue weighted by atomic mass is 19.1. The Kier molecular flexibility index (Phi) is 6.81. The Morgan fingerprint density at radius 2 is 2.03 bits per heavy atom. The van der Waals surface area contributed by atoms with E-state index in [1.807, 2.05) is 35.2 Å². The highest BCUT2D eigenvalue weighted by Gasteiger charge is 2.19. The summed E-state index contributed by atoms with van der Waals surface area (Å²) in [5.41, 5.74) is 2.62. The Hall–Kier alpha value is -2.95. The van der Waals surface area contributed by atoms with Gasteiger partial charge in [0.2, 0.25) is 5.91 Å². The third-order valence-corrected chi connectivity index (χ3v) is 4.95. The van der Waals surface area contributed by atoms with Crippen LogP contribution in [0.4, 0.5) is 4.39 Å². The molecule has 1 heterocycles. The van der Waals surface area contributed by atoms with Crippen LogP contribution in [0.3, 0.4) is 0 Å². The van der Waals surface area contributed by atoms with E-state index in [1.54, 1.807) is 12.1 Å². The fourth-order valence-corrected chi connectivity index (χ4v) is 3.39. The average molecular weight is 394 g/mol. The van der Waals surface area contributed by atoms with Gasteiger partial charge in [0.1, 0.15) is 11.6 Å². The van der Waals surface area contributed by atoms with E-state index in [1.165, 1.54) is 12.1 Å². The molecule has 3 rings (SSSR count). The van der Waals surface area contributed by atoms with E-state index in [2.05, 4.69) is 25.0 Å². The number of allylic oxidation sites excluding steroid dienone is 1. The quantitative estimate of drug-likeness (QED) is 0.481. The maximum atomic E-state index is 13.5. The van der Waals surface area contributed by atoms with E-state index in [0.717, 1.165) is 23.3 Å². The Morgan fingerprint density at radius 3 is 2.76 bits per heavy atom. The zero-order valence-electron chi connectivity index (χ0n) is 17.1. The van der Waals surface area contributed by atoms with Crippen LogP contribution in [-0.2, 0) is 24.3 Å². The zero-order chi connectivity index (χ0) is 20.8. The summed E-state index contributed by atoms with van der Waals surface area (Å²) < 4.78 is 15.6. The van der Waals surface area contributed by atoms with Gasteiger partial charge in [-0.05, 0) is 42.2 Å². The normalized spacial score (nSPS) is 11.2. The summed E-state index contributed by atoms with van der Waals surface area (Å²) in [6.07, 6.45) is 2.92. The molecule has 0 spiro atoms. The molecule has 5 heteroatoms. The minimum absolute atomic E-state index is 0.0199. The molecular formula is C24H28FN3O. The lowest BCUT2D eigenvalue weighted by molar-refractivity contribution is -0.131. The molecule has 0 atom stereocenters. The second-order valence-corrected chi connectivity index (χ2v) is 7.72. The van der Waals surface area contributed by atoms with Crippen molar-refractivity contribution in [3.8, 4) is 0 Å². The Morgan fingerprint density at radius 1 is 1.24 bits per heavy atom. The molecule has 0 aliphatic heterocycles. The standard InChI is InChI=1S/C24H28FN3O/c1-4-13-28-22-11-6-5-10-21(22)26-23(28)17-27(14-12-18(2)3)24(29)16-19-8-7-9-20(25)15-19/h4-11,15,18H,1,12-14,16-17H2,2-3H3. The van der Waals surface area contributed by atoms with Crippen LogP contribution in [0.25, 0.3) is 11.0 Å². The first-order valence-electron chi connectivity index (χ1n) is 10.0. The van der Waals surface area contributed by atoms with Crippen molar-refractivity contribution >= 4 is 16.9 Å². The molecule has 0 aliphatic rings. The molecule has 0 saturated heterocycles. The van der Waals surface area contributed by atoms with E-state index in [0.29, 0.717) is 31.1 Å². The third-order valence-electron chi connectivity index (χ3n) is 4.95. The van der Waals surface area contributed by atoms with E-state index in [-0.39, 0.29) is 18.1 Å². The van der Waals surface area contributed by atoms with Gasteiger partial charge in [-0.3, -0.25) is 4.79 Å². The van der Waals surface area contributed by atoms with E-state index in [4.69, 9.17) is 4.98 Å². The van der Waals surface area contributed by atoms with Crippen molar-refractivity contribution in [3.05, 3.63) is 78.4 Å². The third kappa shape index (κ3) is 5.31. The maximum Gasteiger partial charge on any atom is 0.227 e. The van der Waals surface area contributed by atoms with Crippen molar-refractivity contribution in [3.63, 3.8) is 0 Å². The van der Waals surface area contributed by atoms with Gasteiger partial charge in [-0.2, -0.15) is 0 Å². The molecule has 4 nitrogen and oxygen atoms in total. The van der Waals surface area contributed by atoms with Crippen molar-refractivity contribution in [1.82, 2.24) is 14.5 Å². The number of aromatic nitrogens is 2. The number of imidazole rings is 1. The number of carbonyl (C=O) groups is 1. The molecule has 1 aromatic heterocycles. The molecule has 0 radical (unpaired) electrons. The molecule has 0 saturated carbocycles. The summed E-state index contributed by atoms with van der Waals surface area (Å²) in [6.45, 7) is 9.83. The van der Waals surface area contributed by atoms with Gasteiger partial charge in [-0.1, -0.05) is 44.2 Å². The lowest BCUT2D eigenvalue weighted by atomic mass is 10.1. The summed E-state index contributed by atoms with van der Waals surface area (Å²) in [5, 5.41) is 0. The fourth-order valence-electron chi connectivity index (χ4n) is 3.39. The summed E-state index contributed by atoms with van der Waals surface area (Å²) in [5.74, 6) is 0.971. The number of benzene rings is 2. The molecule has 0 bridgehead atoms. The minimum Gasteiger partial charge on any atom is -0.335 e. The van der Waals surface area contributed by atoms with Gasteiger partial charge >= 0.3 is 0 Å². The largest absolute Gasteiger partial charge is 0.335 e. The van der Waals surface area contributed by atoms with Gasteiger partial charge in [-0.25, -0.2) is 9.37 Å². The first-order chi connectivity index (χ1) is 14.0. The second kappa shape index (κ2) is 9.50. The number of halogens is 1. The van der Waals surface area contributed by atoms with Gasteiger partial charge in [0.15, 0.2) is 0 Å². The van der Waals surface area contributed by atoms with Crippen LogP contribution in [0.15, 0.2) is 61.2 Å². The molecule has 0 unspecified atom stereocenters. The predicted octanol–water partition coefficient (Wildman–Crippen LogP) is 4.98. The lowest BCUT2D eigenvalue weighted by Crippen LogP contribution is -2.34. The molecule has 2 aromatic carbocycles. The van der Waals surface area contributed by atoms with Crippen LogP contribution in [0.2, 0.25) is 0 Å². The smallest absolute Gasteiger partial charge is 0.227 e. The topological polar surface area (TPSA) is 38.1 Å². The van der Waals surface area contributed by atoms with E-state index >= 15 is 0 Å². The van der Waals surface area contributed by atoms with Crippen LogP contribution < -0.4 is 0 Å². The van der Waals surface area contributed by atoms with Gasteiger partial charge in [0.25, 0.3) is 0 Å². The molecule has 1 amide bonds. The molecule has 152 valence electrons. The number of para-hydroxylation sites is 2. The van der Waals surface area contributed by atoms with Crippen LogP contribution >= 0.6 is 0 Å². The molecule has 0 N–H and O–H groups in total. The molecular weight excluding hydrogens is 365 g/mol. The van der Waals surface area contributed by atoms with Crippen LogP contribution in [-0.4, -0.2) is 26.9 Å². The number of fused-ring (bicyclic) bond motifs is 1. The van der Waals surface area contributed by atoms with Crippen LogP contribution in [0, 0.1) is 11.7 Å². The summed E-state index contributed by atoms with van der Waals surface area (Å²) >= 11 is 0. The van der Waals surface area contributed by atoms with Gasteiger partial charge in [0, 0.05) is 13.1 Å². The highest BCUT2D eigenvalue weighted by Crippen LogP contribution is 2.19. The number of hydrogen-bond donors (Lipinski definition) is 0. The molecule has 29 heavy (non-hydrogen) atoms. The van der Waals surface area contributed by atoms with E-state index in [9.17, 15) is 9.18 Å². The molecule has 0 aliphatic carbocycles. The zero-order valence-corrected chi connectivity index (χ0v) is 17.1. The first kappa shape index (κ1) is 20.8. The van der Waals surface area contributed by atoms with Gasteiger partial charge in [-0.15, -0.1) is 6.58 Å². The molecule has 0 fully saturated rings.